The first-order valence-electron chi connectivity index (χ1n) is 27.7. The van der Waals surface area contributed by atoms with Gasteiger partial charge in [-0.3, -0.25) is 14.6 Å². The summed E-state index contributed by atoms with van der Waals surface area (Å²) in [7, 11) is 3.62. The fourth-order valence-electron chi connectivity index (χ4n) is 14.0. The van der Waals surface area contributed by atoms with E-state index in [2.05, 4.69) is 74.2 Å². The number of ketones is 2. The Morgan fingerprint density at radius 2 is 1.88 bits per heavy atom. The molecule has 4 aliphatic carbocycles. The van der Waals surface area contributed by atoms with Gasteiger partial charge in [-0.25, -0.2) is 4.79 Å². The topological polar surface area (TPSA) is 210 Å². The molecule has 73 heavy (non-hydrogen) atoms. The Labute approximate surface area is 432 Å². The second kappa shape index (κ2) is 21.5. The van der Waals surface area contributed by atoms with Gasteiger partial charge < -0.3 is 52.8 Å². The number of fused-ring (bicyclic) bond motifs is 1. The van der Waals surface area contributed by atoms with Crippen LogP contribution in [0.3, 0.4) is 0 Å². The SMILES string of the molecule is CN=C(N)N[C@@H](C/C(C)=C/C[C@@]12O[C@@]13C(=O)OC[C@@H]1C[C@H]4C(=C[C@H]1NCC1CCCCC1)C=CC[C@@H]4CCCC[C@@](C)(CC1=CNC(N)C=C1)Cc1cccc(c1C3=O)C2=O)C1=CCNC2=C1CC[C@@H](NC)N2. The number of Topliss-reactive ketones (excluding diaryl/α,β-unsaturated/α-hetero) is 2. The van der Waals surface area contributed by atoms with E-state index in [1.807, 2.05) is 44.5 Å². The van der Waals surface area contributed by atoms with Gasteiger partial charge in [0.15, 0.2) is 17.3 Å². The lowest BCUT2D eigenvalue weighted by Gasteiger charge is -2.41. The molecule has 1 aromatic carbocycles. The molecule has 0 aromatic heterocycles. The zero-order chi connectivity index (χ0) is 50.9. The van der Waals surface area contributed by atoms with Crippen LogP contribution in [0.1, 0.15) is 143 Å². The van der Waals surface area contributed by atoms with Crippen LogP contribution in [0.4, 0.5) is 0 Å². The summed E-state index contributed by atoms with van der Waals surface area (Å²) in [5, 5.41) is 21.1. The minimum absolute atomic E-state index is 0.00714. The van der Waals surface area contributed by atoms with E-state index >= 15 is 14.4 Å². The quantitative estimate of drug-likeness (QED) is 0.0267. The number of rotatable bonds is 12. The van der Waals surface area contributed by atoms with Gasteiger partial charge in [-0.1, -0.05) is 99.3 Å². The van der Waals surface area contributed by atoms with Crippen LogP contribution in [0.2, 0.25) is 0 Å². The van der Waals surface area contributed by atoms with Crippen molar-refractivity contribution in [2.75, 3.05) is 33.8 Å². The minimum Gasteiger partial charge on any atom is -0.463 e. The standard InChI is InChI=1S/C59H81N9O5/c1-36(28-48(67-56(61)63-4)43-24-27-64-54-44(43)20-22-50(62-3)68-54)23-26-58-52(69)45-18-11-17-41-32-57(2,31-38-19-21-49(60)66-34-38)25-9-8-14-39-15-10-16-40-30-47(65-33-37-12-6-5-7-13-37)42(29-46(39)40)35-72-55(71)59(58,73-58)53(70)51(41)45/h10-11,16-19,21,23-24,30,34,37,39,42,46-50,62,64-66,68H,5-9,12-15,20,22,25-29,31-33,35,60H2,1-4H3,(H3,61,63,67)/b36-23+/t39-,42-,46+,47+,48-,49?,50-,57-,58-,59-/m0/s1. The number of ether oxygens (including phenoxy) is 2. The molecule has 9 aliphatic rings. The first-order chi connectivity index (χ1) is 35.3. The number of hydrogen-bond donors (Lipinski definition) is 8. The van der Waals surface area contributed by atoms with Crippen molar-refractivity contribution in [3.63, 3.8) is 0 Å². The molecule has 392 valence electrons. The molecule has 1 unspecified atom stereocenters. The molecule has 5 aliphatic heterocycles. The predicted octanol–water partition coefficient (Wildman–Crippen LogP) is 6.93. The van der Waals surface area contributed by atoms with Crippen LogP contribution in [-0.2, 0) is 20.7 Å². The van der Waals surface area contributed by atoms with Crippen LogP contribution in [0.25, 0.3) is 0 Å². The van der Waals surface area contributed by atoms with E-state index in [0.29, 0.717) is 54.2 Å². The van der Waals surface area contributed by atoms with Crippen molar-refractivity contribution in [2.45, 2.75) is 159 Å². The van der Waals surface area contributed by atoms with E-state index in [0.717, 1.165) is 92.4 Å². The number of guanidine groups is 1. The number of dihydropyridines is 2. The van der Waals surface area contributed by atoms with Crippen molar-refractivity contribution in [1.29, 1.82) is 0 Å². The molecule has 2 fully saturated rings. The number of carbonyl (C=O) groups is 3. The van der Waals surface area contributed by atoms with Crippen LogP contribution < -0.4 is 43.4 Å². The minimum atomic E-state index is -2.12. The lowest BCUT2D eigenvalue weighted by atomic mass is 9.67. The van der Waals surface area contributed by atoms with Gasteiger partial charge in [0, 0.05) is 49.3 Å². The van der Waals surface area contributed by atoms with Crippen LogP contribution in [0, 0.1) is 29.1 Å². The maximum Gasteiger partial charge on any atom is 0.350 e. The Morgan fingerprint density at radius 1 is 1.04 bits per heavy atom. The van der Waals surface area contributed by atoms with E-state index in [-0.39, 0.29) is 54.6 Å². The summed E-state index contributed by atoms with van der Waals surface area (Å²) < 4.78 is 13.2. The number of allylic oxidation sites excluding steroid dienone is 5. The van der Waals surface area contributed by atoms with Crippen LogP contribution >= 0.6 is 0 Å². The Balaban J connectivity index is 0.995. The number of carbonyl (C=O) groups excluding carboxylic acids is 3. The number of nitrogens with two attached hydrogens (primary N) is 2. The molecule has 10 rings (SSSR count). The van der Waals surface area contributed by atoms with Gasteiger partial charge in [0.05, 0.1) is 25.0 Å². The molecular formula is C59H81N9O5. The summed E-state index contributed by atoms with van der Waals surface area (Å²) in [5.41, 5.74) is 15.5. The first-order valence-corrected chi connectivity index (χ1v) is 27.7. The summed E-state index contributed by atoms with van der Waals surface area (Å²) in [6.07, 6.45) is 33.3. The molecule has 0 radical (unpaired) electrons. The van der Waals surface area contributed by atoms with Crippen molar-refractivity contribution in [3.8, 4) is 0 Å². The molecule has 1 saturated carbocycles. The van der Waals surface area contributed by atoms with E-state index in [9.17, 15) is 0 Å². The highest BCUT2D eigenvalue weighted by atomic mass is 16.7. The molecule has 10 atom stereocenters. The Morgan fingerprint density at radius 3 is 2.67 bits per heavy atom. The molecule has 4 bridgehead atoms. The van der Waals surface area contributed by atoms with E-state index in [1.54, 1.807) is 13.1 Å². The Kier molecular flexibility index (Phi) is 15.1. The number of cyclic esters (lactones) is 1. The number of nitrogens with zero attached hydrogens (tertiary/aromatic N) is 1. The lowest BCUT2D eigenvalue weighted by Crippen LogP contribution is -2.52. The highest BCUT2D eigenvalue weighted by Crippen LogP contribution is 2.59. The van der Waals surface area contributed by atoms with E-state index in [4.69, 9.17) is 20.9 Å². The van der Waals surface area contributed by atoms with Crippen molar-refractivity contribution in [1.82, 2.24) is 31.9 Å². The number of benzene rings is 1. The largest absolute Gasteiger partial charge is 0.463 e. The van der Waals surface area contributed by atoms with Gasteiger partial charge in [0.1, 0.15) is 5.82 Å². The van der Waals surface area contributed by atoms with E-state index < -0.39 is 23.0 Å². The van der Waals surface area contributed by atoms with Crippen molar-refractivity contribution < 1.29 is 23.9 Å². The fourth-order valence-corrected chi connectivity index (χ4v) is 14.0. The van der Waals surface area contributed by atoms with E-state index in [1.165, 1.54) is 43.3 Å². The number of esters is 1. The smallest absolute Gasteiger partial charge is 0.350 e. The maximum atomic E-state index is 15.7. The predicted molar refractivity (Wildman–Crippen MR) is 287 cm³/mol. The van der Waals surface area contributed by atoms with Gasteiger partial charge in [-0.2, -0.15) is 0 Å². The first kappa shape index (κ1) is 51.2. The number of epoxide rings is 1. The normalized spacial score (nSPS) is 34.1. The second-order valence-corrected chi connectivity index (χ2v) is 23.2. The Hall–Kier alpha value is -5.28. The summed E-state index contributed by atoms with van der Waals surface area (Å²) in [4.78, 5) is 50.7. The zero-order valence-electron chi connectivity index (χ0n) is 43.8. The lowest BCUT2D eigenvalue weighted by molar-refractivity contribution is -0.150. The van der Waals surface area contributed by atoms with Gasteiger partial charge in [-0.05, 0) is 148 Å². The molecule has 0 amide bonds. The van der Waals surface area contributed by atoms with Crippen LogP contribution in [0.15, 0.2) is 106 Å². The number of hydrogen-bond acceptors (Lipinski definition) is 12. The number of aliphatic imine (C=N–C) groups is 1. The van der Waals surface area contributed by atoms with Gasteiger partial charge >= 0.3 is 5.97 Å². The summed E-state index contributed by atoms with van der Waals surface area (Å²) >= 11 is 0. The maximum absolute atomic E-state index is 15.7. The Bertz CT molecular complexity index is 2570. The fraction of sp³-hybridized carbons (Fsp3) is 0.593. The highest BCUT2D eigenvalue weighted by Gasteiger charge is 2.85. The highest BCUT2D eigenvalue weighted by molar-refractivity contribution is 6.33. The molecule has 1 spiro atoms. The van der Waals surface area contributed by atoms with Crippen molar-refractivity contribution in [3.05, 3.63) is 117 Å². The molecule has 14 nitrogen and oxygen atoms in total. The average Bonchev–Trinajstić information content (AvgIpc) is 4.12. The third-order valence-electron chi connectivity index (χ3n) is 18.1. The monoisotopic (exact) mass is 996 g/mol. The third kappa shape index (κ3) is 10.3. The second-order valence-electron chi connectivity index (χ2n) is 23.2. The third-order valence-corrected chi connectivity index (χ3v) is 18.1. The van der Waals surface area contributed by atoms with Crippen molar-refractivity contribution >= 4 is 23.5 Å². The molecule has 10 N–H and O–H groups in total. The zero-order valence-corrected chi connectivity index (χ0v) is 43.8. The van der Waals surface area contributed by atoms with Gasteiger partial charge in [0.2, 0.25) is 5.78 Å². The van der Waals surface area contributed by atoms with Crippen molar-refractivity contribution in [2.24, 2.45) is 45.5 Å². The number of nitrogens with one attached hydrogen (secondary N) is 6. The summed E-state index contributed by atoms with van der Waals surface area (Å²) in [6, 6.07) is 5.37. The molecule has 1 saturated heterocycles. The van der Waals surface area contributed by atoms with Crippen LogP contribution in [-0.4, -0.2) is 92.9 Å². The van der Waals surface area contributed by atoms with Crippen LogP contribution in [0.5, 0.6) is 0 Å². The van der Waals surface area contributed by atoms with Gasteiger partial charge in [0.25, 0.3) is 5.60 Å². The molecule has 14 heteroatoms. The molecule has 5 heterocycles. The van der Waals surface area contributed by atoms with Gasteiger partial charge in [-0.15, -0.1) is 0 Å². The summed E-state index contributed by atoms with van der Waals surface area (Å²) in [6.45, 7) is 6.02. The average molecular weight is 996 g/mol. The molecule has 1 aromatic rings. The summed E-state index contributed by atoms with van der Waals surface area (Å²) in [5.74, 6) is 1.19. The molecular weight excluding hydrogens is 915 g/mol.